The molecule has 4 heteroatoms. The second-order valence-corrected chi connectivity index (χ2v) is 7.00. The summed E-state index contributed by atoms with van der Waals surface area (Å²) in [5, 5.41) is 3.54. The van der Waals surface area contributed by atoms with Crippen molar-refractivity contribution < 1.29 is 9.13 Å². The van der Waals surface area contributed by atoms with E-state index in [1.807, 2.05) is 6.07 Å². The van der Waals surface area contributed by atoms with Crippen LogP contribution in [0.2, 0.25) is 0 Å². The molecule has 0 saturated carbocycles. The topological polar surface area (TPSA) is 21.3 Å². The minimum atomic E-state index is -0.147. The molecule has 1 N–H and O–H groups in total. The van der Waals surface area contributed by atoms with Gasteiger partial charge in [-0.2, -0.15) is 0 Å². The van der Waals surface area contributed by atoms with Crippen LogP contribution in [-0.4, -0.2) is 18.8 Å². The second-order valence-electron chi connectivity index (χ2n) is 6.08. The molecule has 1 saturated heterocycles. The molecule has 21 heavy (non-hydrogen) atoms. The van der Waals surface area contributed by atoms with Gasteiger partial charge in [-0.15, -0.1) is 0 Å². The third kappa shape index (κ3) is 3.66. The van der Waals surface area contributed by atoms with Crippen molar-refractivity contribution >= 4 is 15.9 Å². The van der Waals surface area contributed by atoms with Crippen molar-refractivity contribution in [1.29, 1.82) is 0 Å². The lowest BCUT2D eigenvalue weighted by atomic mass is 9.80. The number of halogens is 2. The van der Waals surface area contributed by atoms with Crippen molar-refractivity contribution in [2.45, 2.75) is 52.4 Å². The summed E-state index contributed by atoms with van der Waals surface area (Å²) >= 11 is 3.46. The SMILES string of the molecule is CCCNC(c1cc(Br)ccc1F)C1C(C)OC(C)C1C. The highest BCUT2D eigenvalue weighted by molar-refractivity contribution is 9.10. The molecule has 0 radical (unpaired) electrons. The molecule has 5 unspecified atom stereocenters. The molecule has 1 aromatic carbocycles. The van der Waals surface area contributed by atoms with Gasteiger partial charge >= 0.3 is 0 Å². The molecule has 2 rings (SSSR count). The summed E-state index contributed by atoms with van der Waals surface area (Å²) in [6, 6.07) is 5.16. The molecule has 0 amide bonds. The third-order valence-corrected chi connectivity index (χ3v) is 5.10. The van der Waals surface area contributed by atoms with E-state index in [0.29, 0.717) is 5.92 Å². The first-order valence-corrected chi connectivity index (χ1v) is 8.58. The van der Waals surface area contributed by atoms with Crippen LogP contribution in [0.1, 0.15) is 45.7 Å². The van der Waals surface area contributed by atoms with E-state index in [4.69, 9.17) is 4.74 Å². The summed E-state index contributed by atoms with van der Waals surface area (Å²) in [5.41, 5.74) is 0.735. The zero-order chi connectivity index (χ0) is 15.6. The van der Waals surface area contributed by atoms with Crippen molar-refractivity contribution in [3.8, 4) is 0 Å². The number of hydrogen-bond donors (Lipinski definition) is 1. The summed E-state index contributed by atoms with van der Waals surface area (Å²) < 4.78 is 21.2. The molecule has 1 heterocycles. The van der Waals surface area contributed by atoms with Crippen molar-refractivity contribution in [2.75, 3.05) is 6.54 Å². The molecule has 0 bridgehead atoms. The van der Waals surface area contributed by atoms with Crippen LogP contribution in [0.5, 0.6) is 0 Å². The summed E-state index contributed by atoms with van der Waals surface area (Å²) in [6.45, 7) is 9.41. The van der Waals surface area contributed by atoms with Crippen molar-refractivity contribution in [1.82, 2.24) is 5.32 Å². The Balaban J connectivity index is 2.36. The van der Waals surface area contributed by atoms with E-state index < -0.39 is 0 Å². The van der Waals surface area contributed by atoms with E-state index in [1.165, 1.54) is 6.07 Å². The fraction of sp³-hybridized carbons (Fsp3) is 0.647. The smallest absolute Gasteiger partial charge is 0.128 e. The van der Waals surface area contributed by atoms with Gasteiger partial charge in [0.2, 0.25) is 0 Å². The van der Waals surface area contributed by atoms with Crippen molar-refractivity contribution in [3.63, 3.8) is 0 Å². The maximum atomic E-state index is 14.4. The Morgan fingerprint density at radius 1 is 1.29 bits per heavy atom. The Morgan fingerprint density at radius 3 is 2.57 bits per heavy atom. The fourth-order valence-corrected chi connectivity index (χ4v) is 3.75. The molecule has 0 spiro atoms. The standard InChI is InChI=1S/C17H25BrFNO/c1-5-8-20-17(14-9-13(18)6-7-15(14)19)16-10(2)11(3)21-12(16)4/h6-7,9-12,16-17,20H,5,8H2,1-4H3. The highest BCUT2D eigenvalue weighted by Crippen LogP contribution is 2.41. The summed E-state index contributed by atoms with van der Waals surface area (Å²) in [7, 11) is 0. The number of ether oxygens (including phenoxy) is 1. The van der Waals surface area contributed by atoms with E-state index in [1.54, 1.807) is 6.07 Å². The minimum absolute atomic E-state index is 0.0163. The Hall–Kier alpha value is -0.450. The Labute approximate surface area is 135 Å². The Kier molecular flexibility index (Phi) is 5.81. The summed E-state index contributed by atoms with van der Waals surface area (Å²) in [4.78, 5) is 0. The average Bonchev–Trinajstić information content (AvgIpc) is 2.69. The van der Waals surface area contributed by atoms with Gasteiger partial charge < -0.3 is 10.1 Å². The molecular formula is C17H25BrFNO. The number of nitrogens with one attached hydrogen (secondary N) is 1. The van der Waals surface area contributed by atoms with E-state index in [2.05, 4.69) is 48.9 Å². The van der Waals surface area contributed by atoms with Crippen LogP contribution >= 0.6 is 15.9 Å². The first kappa shape index (κ1) is 16.9. The van der Waals surface area contributed by atoms with Gasteiger partial charge in [-0.05, 0) is 50.9 Å². The molecule has 1 aliphatic rings. The van der Waals surface area contributed by atoms with Crippen molar-refractivity contribution in [3.05, 3.63) is 34.1 Å². The predicted molar refractivity (Wildman–Crippen MR) is 87.8 cm³/mol. The maximum absolute atomic E-state index is 14.4. The van der Waals surface area contributed by atoms with Crippen LogP contribution in [0.4, 0.5) is 4.39 Å². The van der Waals surface area contributed by atoms with E-state index in [-0.39, 0.29) is 30.0 Å². The lowest BCUT2D eigenvalue weighted by Crippen LogP contribution is -2.36. The molecule has 118 valence electrons. The molecule has 0 aliphatic carbocycles. The van der Waals surface area contributed by atoms with Crippen molar-refractivity contribution in [2.24, 2.45) is 11.8 Å². The molecule has 1 aliphatic heterocycles. The van der Waals surface area contributed by atoms with Gasteiger partial charge in [0, 0.05) is 22.0 Å². The van der Waals surface area contributed by atoms with Crippen LogP contribution in [0.25, 0.3) is 0 Å². The predicted octanol–water partition coefficient (Wildman–Crippen LogP) is 4.69. The highest BCUT2D eigenvalue weighted by atomic mass is 79.9. The van der Waals surface area contributed by atoms with Gasteiger partial charge in [-0.1, -0.05) is 29.8 Å². The highest BCUT2D eigenvalue weighted by Gasteiger charge is 2.42. The number of rotatable bonds is 5. The molecule has 0 aromatic heterocycles. The minimum Gasteiger partial charge on any atom is -0.375 e. The van der Waals surface area contributed by atoms with Gasteiger partial charge in [-0.25, -0.2) is 4.39 Å². The Bertz CT molecular complexity index is 482. The van der Waals surface area contributed by atoms with Gasteiger partial charge in [0.15, 0.2) is 0 Å². The van der Waals surface area contributed by atoms with Crippen LogP contribution in [0.3, 0.4) is 0 Å². The van der Waals surface area contributed by atoms with Crippen LogP contribution < -0.4 is 5.32 Å². The summed E-state index contributed by atoms with van der Waals surface area (Å²) in [5.74, 6) is 0.522. The largest absolute Gasteiger partial charge is 0.375 e. The lowest BCUT2D eigenvalue weighted by Gasteiger charge is -2.30. The first-order valence-electron chi connectivity index (χ1n) is 7.79. The fourth-order valence-electron chi connectivity index (χ4n) is 3.37. The summed E-state index contributed by atoms with van der Waals surface area (Å²) in [6.07, 6.45) is 1.37. The Morgan fingerprint density at radius 2 is 2.00 bits per heavy atom. The molecule has 2 nitrogen and oxygen atoms in total. The van der Waals surface area contributed by atoms with Crippen LogP contribution in [0, 0.1) is 17.7 Å². The van der Waals surface area contributed by atoms with Gasteiger partial charge in [-0.3, -0.25) is 0 Å². The van der Waals surface area contributed by atoms with Gasteiger partial charge in [0.05, 0.1) is 12.2 Å². The first-order chi connectivity index (χ1) is 9.95. The lowest BCUT2D eigenvalue weighted by molar-refractivity contribution is 0.0473. The number of hydrogen-bond acceptors (Lipinski definition) is 2. The van der Waals surface area contributed by atoms with E-state index in [9.17, 15) is 4.39 Å². The zero-order valence-corrected chi connectivity index (χ0v) is 14.8. The second kappa shape index (κ2) is 7.21. The maximum Gasteiger partial charge on any atom is 0.128 e. The zero-order valence-electron chi connectivity index (χ0n) is 13.2. The van der Waals surface area contributed by atoms with Gasteiger partial charge in [0.25, 0.3) is 0 Å². The monoisotopic (exact) mass is 357 g/mol. The quantitative estimate of drug-likeness (QED) is 0.825. The average molecular weight is 358 g/mol. The normalized spacial score (nSPS) is 30.6. The van der Waals surface area contributed by atoms with E-state index >= 15 is 0 Å². The molecule has 5 atom stereocenters. The van der Waals surface area contributed by atoms with Crippen LogP contribution in [0.15, 0.2) is 22.7 Å². The van der Waals surface area contributed by atoms with Gasteiger partial charge in [0.1, 0.15) is 5.82 Å². The number of benzene rings is 1. The van der Waals surface area contributed by atoms with E-state index in [0.717, 1.165) is 23.0 Å². The molecule has 1 fully saturated rings. The molecule has 1 aromatic rings. The van der Waals surface area contributed by atoms with Crippen LogP contribution in [-0.2, 0) is 4.74 Å². The molecular weight excluding hydrogens is 333 g/mol. The third-order valence-electron chi connectivity index (χ3n) is 4.61.